The zero-order valence-electron chi connectivity index (χ0n) is 49.2. The third kappa shape index (κ3) is 20.2. The normalized spacial score (nSPS) is 15.0. The monoisotopic (exact) mass is 1480 g/mol. The predicted molar refractivity (Wildman–Crippen MR) is 350 cm³/mol. The summed E-state index contributed by atoms with van der Waals surface area (Å²) in [5, 5.41) is 37.9. The second kappa shape index (κ2) is 34.3. The Hall–Kier alpha value is -6.69. The van der Waals surface area contributed by atoms with Crippen LogP contribution in [0.5, 0.6) is 0 Å². The molecule has 6 aliphatic carbocycles. The average Bonchev–Trinajstić information content (AvgIpc) is 1.57. The van der Waals surface area contributed by atoms with Gasteiger partial charge in [0.25, 0.3) is 17.1 Å². The largest absolute Gasteiger partial charge is 0.477 e. The quantitative estimate of drug-likeness (QED) is 0.0285. The van der Waals surface area contributed by atoms with Crippen molar-refractivity contribution < 1.29 is 51.8 Å². The lowest BCUT2D eigenvalue weighted by Crippen LogP contribution is -2.31. The molecule has 15 rings (SSSR count). The van der Waals surface area contributed by atoms with Crippen molar-refractivity contribution in [3.8, 4) is 0 Å². The number of carbonyl (C=O) groups excluding carboxylic acids is 5. The third-order valence-corrected chi connectivity index (χ3v) is 20.0. The Balaban J connectivity index is 0.000000132. The Morgan fingerprint density at radius 3 is 1.40 bits per heavy atom. The fraction of sp³-hybridized carbons (Fsp3) is 0.379. The Bertz CT molecular complexity index is 3990. The Morgan fingerprint density at radius 2 is 0.936 bits per heavy atom. The molecule has 2 amide bonds. The molecule has 0 atom stereocenters. The van der Waals surface area contributed by atoms with E-state index in [4.69, 9.17) is 57.2 Å². The van der Waals surface area contributed by atoms with Crippen LogP contribution in [-0.4, -0.2) is 105 Å². The maximum atomic E-state index is 13.6. The van der Waals surface area contributed by atoms with Crippen molar-refractivity contribution in [1.29, 1.82) is 0 Å². The number of nitrogens with one attached hydrogen (secondary N) is 2. The summed E-state index contributed by atoms with van der Waals surface area (Å²) < 4.78 is 67.0. The smallest absolute Gasteiger partial charge is 0.351 e. The van der Waals surface area contributed by atoms with Gasteiger partial charge in [-0.3, -0.25) is 24.5 Å². The zero-order valence-corrected chi connectivity index (χ0v) is 57.1. The summed E-state index contributed by atoms with van der Waals surface area (Å²) in [5.74, 6) is -1.46. The Labute approximate surface area is 578 Å². The maximum Gasteiger partial charge on any atom is 0.351 e. The van der Waals surface area contributed by atoms with Crippen molar-refractivity contribution in [3.63, 3.8) is 0 Å². The highest BCUT2D eigenvalue weighted by Gasteiger charge is 2.36. The molecule has 36 heteroatoms. The first-order chi connectivity index (χ1) is 45.4. The number of hydrogen-bond acceptors (Lipinski definition) is 27. The predicted octanol–water partition coefficient (Wildman–Crippen LogP) is 13.6. The summed E-state index contributed by atoms with van der Waals surface area (Å²) in [6.45, 7) is 1.22. The number of nitrogens with zero attached hydrogens (tertiary/aromatic N) is 12. The second-order valence-corrected chi connectivity index (χ2v) is 27.7. The number of rotatable bonds is 17. The Kier molecular flexibility index (Phi) is 26.1. The lowest BCUT2D eigenvalue weighted by molar-refractivity contribution is 0.0603. The van der Waals surface area contributed by atoms with Crippen LogP contribution < -0.4 is 16.4 Å². The van der Waals surface area contributed by atoms with Crippen LogP contribution in [0.15, 0.2) is 54.6 Å². The molecule has 0 saturated heterocycles. The number of carbonyl (C=O) groups is 6. The van der Waals surface area contributed by atoms with Gasteiger partial charge in [-0.1, -0.05) is 79.9 Å². The summed E-state index contributed by atoms with van der Waals surface area (Å²) >= 11 is 29.4. The number of aldehydes is 1. The van der Waals surface area contributed by atoms with Crippen molar-refractivity contribution in [3.05, 3.63) is 167 Å². The van der Waals surface area contributed by atoms with Gasteiger partial charge in [0.1, 0.15) is 32.1 Å². The molecule has 494 valence electrons. The molecule has 0 aliphatic heterocycles. The van der Waals surface area contributed by atoms with E-state index in [1.54, 1.807) is 24.3 Å². The van der Waals surface area contributed by atoms with Gasteiger partial charge in [-0.25, -0.2) is 22.8 Å². The molecule has 94 heavy (non-hydrogen) atoms. The average molecular weight is 1480 g/mol. The van der Waals surface area contributed by atoms with Crippen LogP contribution in [0.2, 0.25) is 15.1 Å². The topological polar surface area (TPSA) is 337 Å². The van der Waals surface area contributed by atoms with Crippen molar-refractivity contribution in [2.24, 2.45) is 5.73 Å². The number of aromatic carboxylic acids is 1. The minimum Gasteiger partial charge on any atom is -0.477 e. The lowest BCUT2D eigenvalue weighted by Gasteiger charge is -2.07. The van der Waals surface area contributed by atoms with Gasteiger partial charge in [-0.15, -0.1) is 30.6 Å². The maximum absolute atomic E-state index is 13.6. The molecule has 0 radical (unpaired) electrons. The number of aromatic nitrogens is 12. The van der Waals surface area contributed by atoms with Gasteiger partial charge in [0.05, 0.1) is 56.7 Å². The van der Waals surface area contributed by atoms with Gasteiger partial charge in [0.15, 0.2) is 16.0 Å². The number of halogens is 7. The van der Waals surface area contributed by atoms with Crippen molar-refractivity contribution >= 4 is 151 Å². The molecule has 23 nitrogen and oxygen atoms in total. The number of amides is 2. The van der Waals surface area contributed by atoms with Gasteiger partial charge >= 0.3 is 11.9 Å². The highest BCUT2D eigenvalue weighted by atomic mass is 35.5. The summed E-state index contributed by atoms with van der Waals surface area (Å²) in [4.78, 5) is 70.4. The van der Waals surface area contributed by atoms with Crippen LogP contribution in [0.25, 0.3) is 0 Å². The van der Waals surface area contributed by atoms with E-state index in [0.29, 0.717) is 99.6 Å². The first-order valence-electron chi connectivity index (χ1n) is 28.9. The minimum absolute atomic E-state index is 0.0508. The number of ether oxygens (including phenoxy) is 1. The van der Waals surface area contributed by atoms with E-state index in [9.17, 15) is 41.9 Å². The summed E-state index contributed by atoms with van der Waals surface area (Å²) in [6.07, 6.45) is 14.1. The molecule has 6 fully saturated rings. The Morgan fingerprint density at radius 1 is 0.532 bits per heavy atom. The number of nitrogens with two attached hydrogens (primary N) is 1. The molecule has 6 heterocycles. The van der Waals surface area contributed by atoms with E-state index in [-0.39, 0.29) is 40.7 Å². The minimum atomic E-state index is -0.901. The second-order valence-electron chi connectivity index (χ2n) is 21.5. The van der Waals surface area contributed by atoms with E-state index in [0.717, 1.165) is 138 Å². The van der Waals surface area contributed by atoms with Crippen LogP contribution in [0, 0.1) is 17.5 Å². The van der Waals surface area contributed by atoms with Gasteiger partial charge in [0, 0.05) is 76.3 Å². The van der Waals surface area contributed by atoms with E-state index < -0.39 is 28.8 Å². The first kappa shape index (κ1) is 71.6. The van der Waals surface area contributed by atoms with Crippen LogP contribution in [0.1, 0.15) is 221 Å². The molecule has 3 aromatic carbocycles. The molecule has 9 aromatic rings. The van der Waals surface area contributed by atoms with E-state index in [1.165, 1.54) is 80.1 Å². The molecule has 0 unspecified atom stereocenters. The molecule has 5 N–H and O–H groups in total. The molecular formula is C58H54Cl4F3N15O8S6. The molecular weight excluding hydrogens is 1430 g/mol. The molecule has 0 bridgehead atoms. The van der Waals surface area contributed by atoms with Crippen molar-refractivity contribution in [2.45, 2.75) is 132 Å². The standard InChI is InChI=1S/C13H9ClFN3O2S.C13H13ClFN3S.C7H7ClFN.C7H8N2O2S.C6H5ClN2OS.C6H6N2O2S.C6H6N2OS/c14-7-2-1-3-8(15)9(7)12(19)16-13(20)11-10(6-4-5-6)17-18-21-11;14-10-2-1-3-11(15)9(10)6-16-7-12-13(8-4-5-8)17-18-19-12;8-6-2-1-3-7(9)5(6)4-10;1-11-7(10)6-5(4-2-3-4)8-9-12-6;7-6(10)5-4(3-1-2-3)8-9-11-5;9-6(10)5-4(3-1-2-3)7-8-11-5;9-3-5-6(4-1-2-4)7-8-10-5/h1-3,6H,4-5H2,(H,16,19,20);1-3,8,16H,4-7H2;1-3H,4,10H2;4H,2-3H2,1H3;3H,1-2H2;3H,1-2H2,(H,9,10);3-4H,1-2H2. The number of esters is 1. The fourth-order valence-corrected chi connectivity index (χ4v) is 13.2. The highest BCUT2D eigenvalue weighted by Crippen LogP contribution is 2.45. The third-order valence-electron chi connectivity index (χ3n) is 14.4. The molecule has 6 aliphatic rings. The van der Waals surface area contributed by atoms with Gasteiger partial charge < -0.3 is 20.9 Å². The van der Waals surface area contributed by atoms with Crippen molar-refractivity contribution in [2.75, 3.05) is 7.11 Å². The zero-order chi connectivity index (χ0) is 67.0. The van der Waals surface area contributed by atoms with Gasteiger partial charge in [-0.05, 0) is 194 Å². The fourth-order valence-electron chi connectivity index (χ4n) is 8.56. The summed E-state index contributed by atoms with van der Waals surface area (Å²) in [7, 11) is 1.37. The first-order valence-corrected chi connectivity index (χ1v) is 35.0. The summed E-state index contributed by atoms with van der Waals surface area (Å²) in [5.41, 5.74) is 10.7. The number of carboxylic acid groups (broad SMARTS) is 1. The van der Waals surface area contributed by atoms with E-state index in [1.807, 2.05) is 0 Å². The van der Waals surface area contributed by atoms with Gasteiger partial charge in [-0.2, -0.15) is 0 Å². The molecule has 6 aromatic heterocycles. The van der Waals surface area contributed by atoms with Crippen LogP contribution in [-0.2, 0) is 24.4 Å². The lowest BCUT2D eigenvalue weighted by atomic mass is 10.2. The number of methoxy groups -OCH3 is 1. The van der Waals surface area contributed by atoms with Crippen molar-refractivity contribution in [1.82, 2.24) is 68.2 Å². The number of imide groups is 1. The van der Waals surface area contributed by atoms with Gasteiger partial charge in [0.2, 0.25) is 0 Å². The van der Waals surface area contributed by atoms with E-state index >= 15 is 0 Å². The van der Waals surface area contributed by atoms with Crippen LogP contribution in [0.4, 0.5) is 13.2 Å². The van der Waals surface area contributed by atoms with Crippen LogP contribution in [0.3, 0.4) is 0 Å². The number of benzene rings is 3. The highest BCUT2D eigenvalue weighted by molar-refractivity contribution is 7.10. The SMILES string of the molecule is COC(=O)c1snnc1C1CC1.Fc1cccc(Cl)c1CNCc1snnc1C1CC1.NCc1c(F)cccc1Cl.O=C(Cl)c1snnc1C1CC1.O=C(NC(=O)c1c(F)cccc1Cl)c1snnc1C1CC1.O=C(O)c1snnc1C1CC1.O=Cc1snnc1C1CC1. The summed E-state index contributed by atoms with van der Waals surface area (Å²) in [6, 6.07) is 13.1. The molecule has 0 spiro atoms. The molecule has 6 saturated carbocycles. The number of carboxylic acids is 1. The van der Waals surface area contributed by atoms with E-state index in [2.05, 4.69) is 72.9 Å². The van der Waals surface area contributed by atoms with Crippen LogP contribution >= 0.6 is 116 Å². The number of hydrogen-bond donors (Lipinski definition) is 4.